The molecule has 1 rings (SSSR count). The van der Waals surface area contributed by atoms with Crippen LogP contribution in [0.3, 0.4) is 0 Å². The Labute approximate surface area is 82.4 Å². The standard InChI is InChI=1S/C9H16BrNO/c1-7(2)9(12)11-5-3-4-8(11)6-10/h7-8H,3-6H2,1-2H3. The molecule has 0 saturated carbocycles. The zero-order valence-electron chi connectivity index (χ0n) is 7.72. The van der Waals surface area contributed by atoms with Crippen LogP contribution in [0.15, 0.2) is 0 Å². The van der Waals surface area contributed by atoms with Gasteiger partial charge < -0.3 is 4.90 Å². The lowest BCUT2D eigenvalue weighted by atomic mass is 10.2. The van der Waals surface area contributed by atoms with Crippen molar-refractivity contribution in [3.05, 3.63) is 0 Å². The van der Waals surface area contributed by atoms with Crippen molar-refractivity contribution in [1.82, 2.24) is 4.90 Å². The molecule has 0 spiro atoms. The van der Waals surface area contributed by atoms with Crippen LogP contribution in [0, 0.1) is 5.92 Å². The van der Waals surface area contributed by atoms with Crippen LogP contribution >= 0.6 is 15.9 Å². The van der Waals surface area contributed by atoms with Gasteiger partial charge in [-0.1, -0.05) is 29.8 Å². The molecule has 0 aliphatic carbocycles. The van der Waals surface area contributed by atoms with Crippen molar-refractivity contribution in [1.29, 1.82) is 0 Å². The number of hydrogen-bond acceptors (Lipinski definition) is 1. The Bertz CT molecular complexity index is 170. The first-order valence-corrected chi connectivity index (χ1v) is 5.65. The summed E-state index contributed by atoms with van der Waals surface area (Å²) in [5.74, 6) is 0.446. The van der Waals surface area contributed by atoms with Crippen LogP contribution in [0.2, 0.25) is 0 Å². The minimum Gasteiger partial charge on any atom is -0.339 e. The van der Waals surface area contributed by atoms with Crippen LogP contribution < -0.4 is 0 Å². The van der Waals surface area contributed by atoms with Crippen LogP contribution in [0.4, 0.5) is 0 Å². The summed E-state index contributed by atoms with van der Waals surface area (Å²) in [6.07, 6.45) is 2.32. The lowest BCUT2D eigenvalue weighted by Gasteiger charge is -2.24. The molecule has 0 aromatic carbocycles. The van der Waals surface area contributed by atoms with E-state index in [0.717, 1.165) is 24.7 Å². The van der Waals surface area contributed by atoms with E-state index in [1.165, 1.54) is 0 Å². The predicted molar refractivity (Wildman–Crippen MR) is 53.4 cm³/mol. The van der Waals surface area contributed by atoms with E-state index >= 15 is 0 Å². The molecule has 2 nitrogen and oxygen atoms in total. The molecule has 1 saturated heterocycles. The van der Waals surface area contributed by atoms with Gasteiger partial charge in [-0.15, -0.1) is 0 Å². The minimum atomic E-state index is 0.143. The molecule has 1 aliphatic heterocycles. The lowest BCUT2D eigenvalue weighted by Crippen LogP contribution is -2.38. The third-order valence-electron chi connectivity index (χ3n) is 2.33. The Morgan fingerprint density at radius 1 is 1.67 bits per heavy atom. The monoisotopic (exact) mass is 233 g/mol. The van der Waals surface area contributed by atoms with Gasteiger partial charge in [0.2, 0.25) is 5.91 Å². The summed E-state index contributed by atoms with van der Waals surface area (Å²) < 4.78 is 0. The molecule has 0 bridgehead atoms. The molecule has 0 N–H and O–H groups in total. The molecule has 1 fully saturated rings. The summed E-state index contributed by atoms with van der Waals surface area (Å²) in [5, 5.41) is 0.922. The van der Waals surface area contributed by atoms with Crippen molar-refractivity contribution in [3.63, 3.8) is 0 Å². The maximum atomic E-state index is 11.6. The molecular weight excluding hydrogens is 218 g/mol. The van der Waals surface area contributed by atoms with Crippen LogP contribution in [0.1, 0.15) is 26.7 Å². The number of carbonyl (C=O) groups excluding carboxylic acids is 1. The molecule has 1 amide bonds. The van der Waals surface area contributed by atoms with Gasteiger partial charge in [0.25, 0.3) is 0 Å². The minimum absolute atomic E-state index is 0.143. The Balaban J connectivity index is 2.55. The highest BCUT2D eigenvalue weighted by molar-refractivity contribution is 9.09. The van der Waals surface area contributed by atoms with E-state index < -0.39 is 0 Å². The summed E-state index contributed by atoms with van der Waals surface area (Å²) in [6, 6.07) is 0.444. The molecule has 1 atom stereocenters. The van der Waals surface area contributed by atoms with Gasteiger partial charge >= 0.3 is 0 Å². The van der Waals surface area contributed by atoms with Crippen LogP contribution in [-0.4, -0.2) is 28.7 Å². The van der Waals surface area contributed by atoms with E-state index in [9.17, 15) is 4.79 Å². The molecule has 1 heterocycles. The van der Waals surface area contributed by atoms with Gasteiger partial charge in [-0.05, 0) is 12.8 Å². The maximum absolute atomic E-state index is 11.6. The number of hydrogen-bond donors (Lipinski definition) is 0. The van der Waals surface area contributed by atoms with E-state index in [-0.39, 0.29) is 5.92 Å². The van der Waals surface area contributed by atoms with Crippen molar-refractivity contribution >= 4 is 21.8 Å². The number of likely N-dealkylation sites (tertiary alicyclic amines) is 1. The smallest absolute Gasteiger partial charge is 0.225 e. The molecule has 0 radical (unpaired) electrons. The average Bonchev–Trinajstić information content (AvgIpc) is 2.49. The number of carbonyl (C=O) groups is 1. The van der Waals surface area contributed by atoms with E-state index in [1.807, 2.05) is 18.7 Å². The van der Waals surface area contributed by atoms with Gasteiger partial charge in [0.15, 0.2) is 0 Å². The molecular formula is C9H16BrNO. The highest BCUT2D eigenvalue weighted by Gasteiger charge is 2.28. The van der Waals surface area contributed by atoms with Crippen molar-refractivity contribution in [2.75, 3.05) is 11.9 Å². The quantitative estimate of drug-likeness (QED) is 0.669. The molecule has 12 heavy (non-hydrogen) atoms. The summed E-state index contributed by atoms with van der Waals surface area (Å²) in [7, 11) is 0. The fourth-order valence-electron chi connectivity index (χ4n) is 1.62. The van der Waals surface area contributed by atoms with Gasteiger partial charge in [-0.25, -0.2) is 0 Å². The number of rotatable bonds is 2. The highest BCUT2D eigenvalue weighted by Crippen LogP contribution is 2.20. The second-order valence-corrected chi connectivity index (χ2v) is 4.28. The van der Waals surface area contributed by atoms with Crippen molar-refractivity contribution in [2.24, 2.45) is 5.92 Å². The largest absolute Gasteiger partial charge is 0.339 e. The second-order valence-electron chi connectivity index (χ2n) is 3.64. The first-order valence-electron chi connectivity index (χ1n) is 4.53. The molecule has 3 heteroatoms. The van der Waals surface area contributed by atoms with Crippen LogP contribution in [0.5, 0.6) is 0 Å². The van der Waals surface area contributed by atoms with Crippen LogP contribution in [0.25, 0.3) is 0 Å². The first-order chi connectivity index (χ1) is 5.66. The molecule has 1 aliphatic rings. The fraction of sp³-hybridized carbons (Fsp3) is 0.889. The van der Waals surface area contributed by atoms with E-state index in [4.69, 9.17) is 0 Å². The summed E-state index contributed by atoms with van der Waals surface area (Å²) in [4.78, 5) is 13.6. The van der Waals surface area contributed by atoms with Crippen LogP contribution in [-0.2, 0) is 4.79 Å². The third-order valence-corrected chi connectivity index (χ3v) is 3.08. The van der Waals surface area contributed by atoms with Gasteiger partial charge in [-0.3, -0.25) is 4.79 Å². The molecule has 70 valence electrons. The Morgan fingerprint density at radius 3 is 2.83 bits per heavy atom. The highest BCUT2D eigenvalue weighted by atomic mass is 79.9. The first kappa shape index (κ1) is 10.0. The molecule has 1 unspecified atom stereocenters. The van der Waals surface area contributed by atoms with Crippen molar-refractivity contribution in [3.8, 4) is 0 Å². The van der Waals surface area contributed by atoms with E-state index in [2.05, 4.69) is 15.9 Å². The lowest BCUT2D eigenvalue weighted by molar-refractivity contribution is -0.134. The fourth-order valence-corrected chi connectivity index (χ4v) is 2.29. The maximum Gasteiger partial charge on any atom is 0.225 e. The summed E-state index contributed by atoms with van der Waals surface area (Å²) >= 11 is 3.44. The number of alkyl halides is 1. The Morgan fingerprint density at radius 2 is 2.33 bits per heavy atom. The van der Waals surface area contributed by atoms with Crippen molar-refractivity contribution < 1.29 is 4.79 Å². The summed E-state index contributed by atoms with van der Waals surface area (Å²) in [5.41, 5.74) is 0. The van der Waals surface area contributed by atoms with Gasteiger partial charge in [0.05, 0.1) is 0 Å². The number of nitrogens with zero attached hydrogens (tertiary/aromatic N) is 1. The zero-order valence-corrected chi connectivity index (χ0v) is 9.30. The Kier molecular flexibility index (Phi) is 3.56. The predicted octanol–water partition coefficient (Wildman–Crippen LogP) is 2.03. The number of amides is 1. The topological polar surface area (TPSA) is 20.3 Å². The van der Waals surface area contributed by atoms with E-state index in [0.29, 0.717) is 11.9 Å². The Hall–Kier alpha value is -0.0500. The third kappa shape index (κ3) is 2.00. The van der Waals surface area contributed by atoms with Gasteiger partial charge in [0.1, 0.15) is 0 Å². The normalized spacial score (nSPS) is 23.7. The number of halogens is 1. The van der Waals surface area contributed by atoms with Gasteiger partial charge in [-0.2, -0.15) is 0 Å². The summed E-state index contributed by atoms with van der Waals surface area (Å²) in [6.45, 7) is 4.88. The van der Waals surface area contributed by atoms with Gasteiger partial charge in [0, 0.05) is 23.8 Å². The second kappa shape index (κ2) is 4.26. The average molecular weight is 234 g/mol. The van der Waals surface area contributed by atoms with Crippen molar-refractivity contribution in [2.45, 2.75) is 32.7 Å². The zero-order chi connectivity index (χ0) is 9.14. The molecule has 0 aromatic rings. The SMILES string of the molecule is CC(C)C(=O)N1CCCC1CBr. The van der Waals surface area contributed by atoms with E-state index in [1.54, 1.807) is 0 Å². The molecule has 0 aromatic heterocycles.